The molecule has 2 rings (SSSR count). The van der Waals surface area contributed by atoms with Gasteiger partial charge in [-0.2, -0.15) is 0 Å². The quantitative estimate of drug-likeness (QED) is 0.925. The van der Waals surface area contributed by atoms with Crippen LogP contribution in [0, 0.1) is 5.92 Å². The lowest BCUT2D eigenvalue weighted by Gasteiger charge is -2.37. The van der Waals surface area contributed by atoms with Crippen molar-refractivity contribution in [2.75, 3.05) is 13.6 Å². The molecule has 1 amide bonds. The first-order chi connectivity index (χ1) is 8.65. The Morgan fingerprint density at radius 3 is 2.89 bits per heavy atom. The molecule has 1 saturated carbocycles. The van der Waals surface area contributed by atoms with Gasteiger partial charge in [-0.05, 0) is 52.7 Å². The van der Waals surface area contributed by atoms with Gasteiger partial charge in [0.05, 0.1) is 0 Å². The summed E-state index contributed by atoms with van der Waals surface area (Å²) in [7, 11) is 1.91. The average Bonchev–Trinajstić information content (AvgIpc) is 2.83. The van der Waals surface area contributed by atoms with Crippen molar-refractivity contribution in [1.29, 1.82) is 0 Å². The highest BCUT2D eigenvalue weighted by Crippen LogP contribution is 2.30. The van der Waals surface area contributed by atoms with Gasteiger partial charge in [-0.15, -0.1) is 11.3 Å². The SMILES string of the molecule is CN(C(=O)c1sccc1Br)C1CCCCC1CN. The van der Waals surface area contributed by atoms with Gasteiger partial charge in [-0.3, -0.25) is 4.79 Å². The molecule has 2 unspecified atom stereocenters. The largest absolute Gasteiger partial charge is 0.338 e. The van der Waals surface area contributed by atoms with Crippen molar-refractivity contribution in [2.45, 2.75) is 31.7 Å². The van der Waals surface area contributed by atoms with Gasteiger partial charge < -0.3 is 10.6 Å². The highest BCUT2D eigenvalue weighted by molar-refractivity contribution is 9.10. The Morgan fingerprint density at radius 2 is 2.28 bits per heavy atom. The minimum Gasteiger partial charge on any atom is -0.338 e. The predicted octanol–water partition coefficient (Wildman–Crippen LogP) is 3.10. The number of hydrogen-bond donors (Lipinski definition) is 1. The lowest BCUT2D eigenvalue weighted by atomic mass is 9.83. The molecule has 0 radical (unpaired) electrons. The third-order valence-corrected chi connectivity index (χ3v) is 5.63. The molecule has 0 saturated heterocycles. The minimum absolute atomic E-state index is 0.113. The zero-order valence-electron chi connectivity index (χ0n) is 10.6. The van der Waals surface area contributed by atoms with E-state index in [9.17, 15) is 4.79 Å². The smallest absolute Gasteiger partial charge is 0.265 e. The van der Waals surface area contributed by atoms with Crippen LogP contribution < -0.4 is 5.73 Å². The van der Waals surface area contributed by atoms with E-state index in [1.807, 2.05) is 23.4 Å². The Bertz CT molecular complexity index is 421. The maximum Gasteiger partial charge on any atom is 0.265 e. The molecule has 0 bridgehead atoms. The molecule has 3 nitrogen and oxygen atoms in total. The maximum absolute atomic E-state index is 12.5. The molecular formula is C13H19BrN2OS. The molecule has 1 aromatic rings. The van der Waals surface area contributed by atoms with E-state index >= 15 is 0 Å². The summed E-state index contributed by atoms with van der Waals surface area (Å²) in [5.74, 6) is 0.564. The first kappa shape index (κ1) is 14.0. The van der Waals surface area contributed by atoms with Gasteiger partial charge in [-0.1, -0.05) is 12.8 Å². The zero-order valence-corrected chi connectivity index (χ0v) is 13.0. The number of halogens is 1. The van der Waals surface area contributed by atoms with E-state index in [0.29, 0.717) is 18.5 Å². The molecule has 2 atom stereocenters. The van der Waals surface area contributed by atoms with Crippen molar-refractivity contribution < 1.29 is 4.79 Å². The Hall–Kier alpha value is -0.390. The number of carbonyl (C=O) groups is 1. The van der Waals surface area contributed by atoms with Gasteiger partial charge in [0.2, 0.25) is 0 Å². The van der Waals surface area contributed by atoms with Crippen molar-refractivity contribution >= 4 is 33.2 Å². The summed E-state index contributed by atoms with van der Waals surface area (Å²) in [6.45, 7) is 0.675. The van der Waals surface area contributed by atoms with E-state index in [2.05, 4.69) is 15.9 Å². The molecule has 1 aliphatic rings. The molecule has 1 aliphatic carbocycles. The summed E-state index contributed by atoms with van der Waals surface area (Å²) in [6.07, 6.45) is 4.66. The summed E-state index contributed by atoms with van der Waals surface area (Å²) < 4.78 is 0.893. The molecule has 1 aromatic heterocycles. The number of hydrogen-bond acceptors (Lipinski definition) is 3. The van der Waals surface area contributed by atoms with Crippen LogP contribution in [-0.4, -0.2) is 30.4 Å². The number of amides is 1. The number of thiophene rings is 1. The lowest BCUT2D eigenvalue weighted by Crippen LogP contribution is -2.45. The zero-order chi connectivity index (χ0) is 13.1. The second-order valence-corrected chi connectivity index (χ2v) is 6.63. The van der Waals surface area contributed by atoms with E-state index < -0.39 is 0 Å². The molecule has 0 aliphatic heterocycles. The highest BCUT2D eigenvalue weighted by atomic mass is 79.9. The van der Waals surface area contributed by atoms with Gasteiger partial charge in [0.15, 0.2) is 0 Å². The van der Waals surface area contributed by atoms with E-state index in [1.54, 1.807) is 0 Å². The molecule has 1 heterocycles. The van der Waals surface area contributed by atoms with Crippen molar-refractivity contribution in [3.05, 3.63) is 20.8 Å². The molecule has 100 valence electrons. The van der Waals surface area contributed by atoms with E-state index in [0.717, 1.165) is 22.2 Å². The predicted molar refractivity (Wildman–Crippen MR) is 78.9 cm³/mol. The number of nitrogens with zero attached hydrogens (tertiary/aromatic N) is 1. The summed E-state index contributed by atoms with van der Waals surface area (Å²) in [4.78, 5) is 15.1. The van der Waals surface area contributed by atoms with Crippen LogP contribution in [-0.2, 0) is 0 Å². The number of nitrogens with two attached hydrogens (primary N) is 1. The topological polar surface area (TPSA) is 46.3 Å². The lowest BCUT2D eigenvalue weighted by molar-refractivity contribution is 0.0624. The van der Waals surface area contributed by atoms with Gasteiger partial charge in [0.1, 0.15) is 4.88 Å². The fourth-order valence-electron chi connectivity index (χ4n) is 2.73. The van der Waals surface area contributed by atoms with Crippen LogP contribution in [0.5, 0.6) is 0 Å². The van der Waals surface area contributed by atoms with Gasteiger partial charge in [-0.25, -0.2) is 0 Å². The fourth-order valence-corrected chi connectivity index (χ4v) is 4.25. The van der Waals surface area contributed by atoms with Crippen molar-refractivity contribution in [1.82, 2.24) is 4.90 Å². The third kappa shape index (κ3) is 2.78. The molecular weight excluding hydrogens is 312 g/mol. The van der Waals surface area contributed by atoms with Crippen molar-refractivity contribution in [2.24, 2.45) is 11.7 Å². The minimum atomic E-state index is 0.113. The summed E-state index contributed by atoms with van der Waals surface area (Å²) in [6, 6.07) is 2.22. The third-order valence-electron chi connectivity index (χ3n) is 3.80. The number of carbonyl (C=O) groups excluding carboxylic acids is 1. The molecule has 0 spiro atoms. The Morgan fingerprint density at radius 1 is 1.56 bits per heavy atom. The van der Waals surface area contributed by atoms with Crippen molar-refractivity contribution in [3.8, 4) is 0 Å². The van der Waals surface area contributed by atoms with Crippen LogP contribution in [0.3, 0.4) is 0 Å². The van der Waals surface area contributed by atoms with Crippen LogP contribution in [0.4, 0.5) is 0 Å². The molecule has 18 heavy (non-hydrogen) atoms. The second-order valence-electron chi connectivity index (χ2n) is 4.86. The number of rotatable bonds is 3. The summed E-state index contributed by atoms with van der Waals surface area (Å²) in [5.41, 5.74) is 5.84. The van der Waals surface area contributed by atoms with Crippen molar-refractivity contribution in [3.63, 3.8) is 0 Å². The van der Waals surface area contributed by atoms with E-state index in [1.165, 1.54) is 24.2 Å². The normalized spacial score (nSPS) is 23.9. The summed E-state index contributed by atoms with van der Waals surface area (Å²) in [5, 5.41) is 1.94. The van der Waals surface area contributed by atoms with Gasteiger partial charge in [0.25, 0.3) is 5.91 Å². The molecule has 1 fully saturated rings. The monoisotopic (exact) mass is 330 g/mol. The molecule has 2 N–H and O–H groups in total. The highest BCUT2D eigenvalue weighted by Gasteiger charge is 2.31. The maximum atomic E-state index is 12.5. The summed E-state index contributed by atoms with van der Waals surface area (Å²) >= 11 is 4.92. The van der Waals surface area contributed by atoms with Crippen LogP contribution in [0.2, 0.25) is 0 Å². The molecule has 5 heteroatoms. The first-order valence-corrected chi connectivity index (χ1v) is 8.02. The Kier molecular flexibility index (Phi) is 4.81. The first-order valence-electron chi connectivity index (χ1n) is 6.35. The molecule has 0 aromatic carbocycles. The standard InChI is InChI=1S/C13H19BrN2OS/c1-16(11-5-3-2-4-9(11)8-15)13(17)12-10(14)6-7-18-12/h6-7,9,11H,2-5,8,15H2,1H3. The fraction of sp³-hybridized carbons (Fsp3) is 0.615. The Balaban J connectivity index is 2.12. The van der Waals surface area contributed by atoms with Crippen LogP contribution in [0.25, 0.3) is 0 Å². The van der Waals surface area contributed by atoms with Crippen LogP contribution in [0.15, 0.2) is 15.9 Å². The Labute approximate surface area is 120 Å². The van der Waals surface area contributed by atoms with Crippen LogP contribution >= 0.6 is 27.3 Å². The van der Waals surface area contributed by atoms with Gasteiger partial charge >= 0.3 is 0 Å². The average molecular weight is 331 g/mol. The second kappa shape index (κ2) is 6.17. The van der Waals surface area contributed by atoms with E-state index in [4.69, 9.17) is 5.73 Å². The van der Waals surface area contributed by atoms with Crippen LogP contribution in [0.1, 0.15) is 35.4 Å². The van der Waals surface area contributed by atoms with E-state index in [-0.39, 0.29) is 5.91 Å². The van der Waals surface area contributed by atoms with Gasteiger partial charge in [0, 0.05) is 17.6 Å².